The van der Waals surface area contributed by atoms with Gasteiger partial charge in [0.1, 0.15) is 0 Å². The number of nitrogens with zero attached hydrogens (tertiary/aromatic N) is 4. The smallest absolute Gasteiger partial charge is 0.160 e. The first-order chi connectivity index (χ1) is 26.8. The quantitative estimate of drug-likeness (QED) is 0.180. The SMILES string of the molecule is c1ccc(-c2cc(-c3ccc4ccccc4c3)nc(-c3cccc(-n4c5ccccc5c5ccc6c7ccccc7n(-c7ccccc7)c6c54)c3)n2)cc1. The third-order valence-corrected chi connectivity index (χ3v) is 10.7. The lowest BCUT2D eigenvalue weighted by atomic mass is 10.0. The normalized spacial score (nSPS) is 11.7. The Morgan fingerprint density at radius 1 is 0.315 bits per heavy atom. The van der Waals surface area contributed by atoms with Crippen molar-refractivity contribution >= 4 is 54.4 Å². The van der Waals surface area contributed by atoms with Crippen molar-refractivity contribution in [2.24, 2.45) is 0 Å². The van der Waals surface area contributed by atoms with E-state index < -0.39 is 0 Å². The number of benzene rings is 8. The van der Waals surface area contributed by atoms with Gasteiger partial charge in [0, 0.05) is 49.6 Å². The van der Waals surface area contributed by atoms with Gasteiger partial charge in [-0.3, -0.25) is 0 Å². The van der Waals surface area contributed by atoms with Crippen LogP contribution in [-0.2, 0) is 0 Å². The second kappa shape index (κ2) is 12.1. The van der Waals surface area contributed by atoms with E-state index in [1.165, 1.54) is 48.9 Å². The molecule has 252 valence electrons. The summed E-state index contributed by atoms with van der Waals surface area (Å²) < 4.78 is 4.86. The zero-order valence-electron chi connectivity index (χ0n) is 29.3. The number of fused-ring (bicyclic) bond motifs is 8. The minimum atomic E-state index is 0.686. The maximum atomic E-state index is 5.26. The summed E-state index contributed by atoms with van der Waals surface area (Å²) in [6.07, 6.45) is 0. The minimum Gasteiger partial charge on any atom is -0.307 e. The summed E-state index contributed by atoms with van der Waals surface area (Å²) >= 11 is 0. The second-order valence-corrected chi connectivity index (χ2v) is 13.8. The summed E-state index contributed by atoms with van der Waals surface area (Å²) in [6.45, 7) is 0. The fourth-order valence-electron chi connectivity index (χ4n) is 8.23. The molecule has 0 radical (unpaired) electrons. The third kappa shape index (κ3) is 4.78. The maximum Gasteiger partial charge on any atom is 0.160 e. The Balaban J connectivity index is 1.18. The highest BCUT2D eigenvalue weighted by Crippen LogP contribution is 2.42. The average molecular weight is 689 g/mol. The van der Waals surface area contributed by atoms with E-state index in [1.807, 2.05) is 6.07 Å². The molecule has 3 aromatic heterocycles. The van der Waals surface area contributed by atoms with Gasteiger partial charge < -0.3 is 9.13 Å². The van der Waals surface area contributed by atoms with E-state index in [-0.39, 0.29) is 0 Å². The van der Waals surface area contributed by atoms with Gasteiger partial charge in [-0.05, 0) is 59.3 Å². The maximum absolute atomic E-state index is 5.26. The minimum absolute atomic E-state index is 0.686. The summed E-state index contributed by atoms with van der Waals surface area (Å²) in [5, 5.41) is 7.27. The first kappa shape index (κ1) is 30.3. The Bertz CT molecular complexity index is 3210. The first-order valence-electron chi connectivity index (χ1n) is 18.3. The van der Waals surface area contributed by atoms with Crippen LogP contribution < -0.4 is 0 Å². The standard InChI is InChI=1S/C50H32N4/c1-3-15-34(16-4-1)44-32-45(36-27-26-33-14-7-8-17-35(33)30-36)52-50(51-44)37-18-13-21-39(31-37)54-47-25-12-10-23-41(47)43-29-28-42-40-22-9-11-24-46(40)53(48(42)49(43)54)38-19-5-2-6-20-38/h1-32H. The van der Waals surface area contributed by atoms with Crippen molar-refractivity contribution < 1.29 is 0 Å². The molecule has 11 aromatic rings. The Morgan fingerprint density at radius 2 is 0.852 bits per heavy atom. The predicted octanol–water partition coefficient (Wildman–Crippen LogP) is 12.8. The first-order valence-corrected chi connectivity index (χ1v) is 18.3. The van der Waals surface area contributed by atoms with Gasteiger partial charge in [0.25, 0.3) is 0 Å². The summed E-state index contributed by atoms with van der Waals surface area (Å²) in [4.78, 5) is 10.5. The molecule has 0 saturated heterocycles. The van der Waals surface area contributed by atoms with Crippen molar-refractivity contribution in [3.63, 3.8) is 0 Å². The van der Waals surface area contributed by atoms with Crippen molar-refractivity contribution in [1.82, 2.24) is 19.1 Å². The molecule has 8 aromatic carbocycles. The van der Waals surface area contributed by atoms with Crippen LogP contribution in [0.1, 0.15) is 0 Å². The van der Waals surface area contributed by atoms with E-state index in [0.717, 1.165) is 45.0 Å². The Kier molecular flexibility index (Phi) is 6.82. The summed E-state index contributed by atoms with van der Waals surface area (Å²) in [5.41, 5.74) is 11.7. The van der Waals surface area contributed by atoms with E-state index in [4.69, 9.17) is 9.97 Å². The Morgan fingerprint density at radius 3 is 1.56 bits per heavy atom. The Hall–Kier alpha value is -7.30. The molecule has 0 aliphatic heterocycles. The van der Waals surface area contributed by atoms with Gasteiger partial charge in [-0.1, -0.05) is 146 Å². The summed E-state index contributed by atoms with van der Waals surface area (Å²) in [6, 6.07) is 69.0. The molecule has 0 N–H and O–H groups in total. The number of hydrogen-bond donors (Lipinski definition) is 0. The molecule has 0 fully saturated rings. The zero-order chi connectivity index (χ0) is 35.6. The predicted molar refractivity (Wildman–Crippen MR) is 225 cm³/mol. The lowest BCUT2D eigenvalue weighted by Crippen LogP contribution is -2.00. The van der Waals surface area contributed by atoms with Gasteiger partial charge >= 0.3 is 0 Å². The van der Waals surface area contributed by atoms with Gasteiger partial charge in [-0.25, -0.2) is 9.97 Å². The number of hydrogen-bond acceptors (Lipinski definition) is 2. The van der Waals surface area contributed by atoms with Gasteiger partial charge in [-0.2, -0.15) is 0 Å². The topological polar surface area (TPSA) is 35.6 Å². The van der Waals surface area contributed by atoms with Crippen molar-refractivity contribution in [2.45, 2.75) is 0 Å². The van der Waals surface area contributed by atoms with Crippen molar-refractivity contribution in [3.05, 3.63) is 194 Å². The van der Waals surface area contributed by atoms with E-state index in [1.54, 1.807) is 0 Å². The number of para-hydroxylation sites is 3. The summed E-state index contributed by atoms with van der Waals surface area (Å²) in [7, 11) is 0. The number of rotatable bonds is 5. The molecule has 0 spiro atoms. The molecule has 0 aliphatic rings. The molecule has 54 heavy (non-hydrogen) atoms. The lowest BCUT2D eigenvalue weighted by molar-refractivity contribution is 1.14. The molecule has 0 saturated carbocycles. The highest BCUT2D eigenvalue weighted by atomic mass is 15.0. The second-order valence-electron chi connectivity index (χ2n) is 13.8. The van der Waals surface area contributed by atoms with Crippen LogP contribution in [0.25, 0.3) is 99.7 Å². The molecule has 0 bridgehead atoms. The van der Waals surface area contributed by atoms with Crippen LogP contribution in [0, 0.1) is 0 Å². The van der Waals surface area contributed by atoms with Crippen LogP contribution in [-0.4, -0.2) is 19.1 Å². The molecule has 3 heterocycles. The van der Waals surface area contributed by atoms with Crippen LogP contribution in [0.5, 0.6) is 0 Å². The van der Waals surface area contributed by atoms with Crippen LogP contribution in [0.4, 0.5) is 0 Å². The molecule has 4 heteroatoms. The fourth-order valence-corrected chi connectivity index (χ4v) is 8.23. The van der Waals surface area contributed by atoms with Crippen LogP contribution in [0.15, 0.2) is 194 Å². The highest BCUT2D eigenvalue weighted by molar-refractivity contribution is 6.23. The van der Waals surface area contributed by atoms with Gasteiger partial charge in [0.2, 0.25) is 0 Å². The van der Waals surface area contributed by atoms with E-state index in [9.17, 15) is 0 Å². The molecule has 11 rings (SSSR count). The van der Waals surface area contributed by atoms with Crippen LogP contribution >= 0.6 is 0 Å². The van der Waals surface area contributed by atoms with Crippen LogP contribution in [0.3, 0.4) is 0 Å². The zero-order valence-corrected chi connectivity index (χ0v) is 29.3. The average Bonchev–Trinajstić information content (AvgIpc) is 3.77. The lowest BCUT2D eigenvalue weighted by Gasteiger charge is -2.14. The molecule has 0 aliphatic carbocycles. The molecular weight excluding hydrogens is 657 g/mol. The van der Waals surface area contributed by atoms with Gasteiger partial charge in [0.05, 0.1) is 33.5 Å². The molecule has 0 atom stereocenters. The van der Waals surface area contributed by atoms with Gasteiger partial charge in [-0.15, -0.1) is 0 Å². The molecular formula is C50H32N4. The largest absolute Gasteiger partial charge is 0.307 e. The molecule has 0 amide bonds. The fraction of sp³-hybridized carbons (Fsp3) is 0. The number of aromatic nitrogens is 4. The third-order valence-electron chi connectivity index (χ3n) is 10.7. The van der Waals surface area contributed by atoms with E-state index in [0.29, 0.717) is 5.82 Å². The molecule has 4 nitrogen and oxygen atoms in total. The van der Waals surface area contributed by atoms with Crippen molar-refractivity contribution in [2.75, 3.05) is 0 Å². The summed E-state index contributed by atoms with van der Waals surface area (Å²) in [5.74, 6) is 0.686. The van der Waals surface area contributed by atoms with E-state index >= 15 is 0 Å². The van der Waals surface area contributed by atoms with Crippen molar-refractivity contribution in [3.8, 4) is 45.3 Å². The van der Waals surface area contributed by atoms with Gasteiger partial charge in [0.15, 0.2) is 5.82 Å². The Labute approximate surface area is 311 Å². The van der Waals surface area contributed by atoms with Crippen LogP contribution in [0.2, 0.25) is 0 Å². The monoisotopic (exact) mass is 688 g/mol. The van der Waals surface area contributed by atoms with E-state index in [2.05, 4.69) is 197 Å². The molecule has 0 unspecified atom stereocenters. The van der Waals surface area contributed by atoms with Crippen molar-refractivity contribution in [1.29, 1.82) is 0 Å². The highest BCUT2D eigenvalue weighted by Gasteiger charge is 2.21.